The quantitative estimate of drug-likeness (QED) is 0.835. The number of aliphatic hydroxyl groups excluding tert-OH is 1. The normalized spacial score (nSPS) is 13.6. The van der Waals surface area contributed by atoms with E-state index in [1.54, 1.807) is 6.92 Å². The summed E-state index contributed by atoms with van der Waals surface area (Å²) in [5.74, 6) is -0.268. The lowest BCUT2D eigenvalue weighted by molar-refractivity contribution is -0.124. The summed E-state index contributed by atoms with van der Waals surface area (Å²) in [7, 11) is 0. The smallest absolute Gasteiger partial charge is 0.135 e. The van der Waals surface area contributed by atoms with Crippen LogP contribution in [-0.4, -0.2) is 10.9 Å². The fourth-order valence-corrected chi connectivity index (χ4v) is 2.64. The number of benzene rings is 2. The predicted octanol–water partition coefficient (Wildman–Crippen LogP) is 3.95. The van der Waals surface area contributed by atoms with Gasteiger partial charge in [0, 0.05) is 5.92 Å². The zero-order valence-electron chi connectivity index (χ0n) is 12.4. The number of carbonyl (C=O) groups excluding carboxylic acids is 1. The lowest BCUT2D eigenvalue weighted by Crippen LogP contribution is -2.20. The number of hydrogen-bond acceptors (Lipinski definition) is 2. The number of rotatable bonds is 7. The lowest BCUT2D eigenvalue weighted by Gasteiger charge is -2.21. The van der Waals surface area contributed by atoms with Crippen molar-refractivity contribution >= 4 is 5.78 Å². The van der Waals surface area contributed by atoms with Crippen LogP contribution in [0.4, 0.5) is 0 Å². The first-order chi connectivity index (χ1) is 10.2. The second kappa shape index (κ2) is 7.75. The van der Waals surface area contributed by atoms with Gasteiger partial charge in [-0.25, -0.2) is 0 Å². The summed E-state index contributed by atoms with van der Waals surface area (Å²) < 4.78 is 0. The van der Waals surface area contributed by atoms with Gasteiger partial charge in [-0.15, -0.1) is 0 Å². The van der Waals surface area contributed by atoms with Crippen LogP contribution < -0.4 is 0 Å². The molecule has 0 fully saturated rings. The number of hydrogen-bond donors (Lipinski definition) is 1. The van der Waals surface area contributed by atoms with Crippen LogP contribution in [0.15, 0.2) is 60.7 Å². The third-order valence-electron chi connectivity index (χ3n) is 3.87. The van der Waals surface area contributed by atoms with Gasteiger partial charge in [-0.2, -0.15) is 0 Å². The van der Waals surface area contributed by atoms with Gasteiger partial charge in [-0.3, -0.25) is 4.79 Å². The van der Waals surface area contributed by atoms with Gasteiger partial charge in [0.05, 0.1) is 6.10 Å². The Balaban J connectivity index is 1.95. The number of aryl methyl sites for hydroxylation is 1. The number of Topliss-reactive ketones (excluding diaryl/α,β-unsaturated/α-hetero) is 1. The first-order valence-electron chi connectivity index (χ1n) is 7.46. The summed E-state index contributed by atoms with van der Waals surface area (Å²) in [5.41, 5.74) is 2.09. The Morgan fingerprint density at radius 2 is 1.57 bits per heavy atom. The summed E-state index contributed by atoms with van der Waals surface area (Å²) in [4.78, 5) is 11.8. The van der Waals surface area contributed by atoms with Crippen molar-refractivity contribution in [2.24, 2.45) is 5.92 Å². The molecule has 0 saturated carbocycles. The molecule has 0 aliphatic carbocycles. The zero-order valence-corrected chi connectivity index (χ0v) is 12.4. The summed E-state index contributed by atoms with van der Waals surface area (Å²) in [6.07, 6.45) is 1.84. The van der Waals surface area contributed by atoms with Crippen LogP contribution in [0.2, 0.25) is 0 Å². The van der Waals surface area contributed by atoms with Crippen molar-refractivity contribution in [2.45, 2.75) is 32.3 Å². The van der Waals surface area contributed by atoms with E-state index < -0.39 is 6.10 Å². The molecule has 0 heterocycles. The van der Waals surface area contributed by atoms with Gasteiger partial charge >= 0.3 is 0 Å². The molecule has 0 spiro atoms. The van der Waals surface area contributed by atoms with E-state index in [4.69, 9.17) is 0 Å². The molecule has 0 bridgehead atoms. The predicted molar refractivity (Wildman–Crippen MR) is 85.0 cm³/mol. The molecule has 0 saturated heterocycles. The third-order valence-corrected chi connectivity index (χ3v) is 3.87. The van der Waals surface area contributed by atoms with Crippen LogP contribution in [0.25, 0.3) is 0 Å². The fourth-order valence-electron chi connectivity index (χ4n) is 2.64. The third kappa shape index (κ3) is 4.54. The molecule has 2 unspecified atom stereocenters. The number of carbonyl (C=O) groups is 1. The molecule has 2 nitrogen and oxygen atoms in total. The maximum absolute atomic E-state index is 11.8. The van der Waals surface area contributed by atoms with Crippen molar-refractivity contribution in [1.29, 1.82) is 0 Å². The molecule has 0 radical (unpaired) electrons. The molecule has 110 valence electrons. The molecule has 1 N–H and O–H groups in total. The van der Waals surface area contributed by atoms with Crippen LogP contribution >= 0.6 is 0 Å². The van der Waals surface area contributed by atoms with E-state index in [0.717, 1.165) is 18.4 Å². The molecule has 0 aromatic heterocycles. The molecular weight excluding hydrogens is 260 g/mol. The van der Waals surface area contributed by atoms with Gasteiger partial charge < -0.3 is 5.11 Å². The van der Waals surface area contributed by atoms with Gasteiger partial charge in [-0.05, 0) is 37.3 Å². The molecule has 0 amide bonds. The summed E-state index contributed by atoms with van der Waals surface area (Å²) >= 11 is 0. The van der Waals surface area contributed by atoms with E-state index in [1.807, 2.05) is 48.5 Å². The Kier molecular flexibility index (Phi) is 5.70. The Morgan fingerprint density at radius 3 is 2.14 bits per heavy atom. The standard InChI is InChI=1S/C19H22O2/c1-15(20)18(19(21)17-12-6-3-7-13-17)14-8-11-16-9-4-2-5-10-16/h2-7,9-10,12-13,18-19,21H,8,11,14H2,1H3. The molecule has 21 heavy (non-hydrogen) atoms. The highest BCUT2D eigenvalue weighted by Gasteiger charge is 2.24. The Hall–Kier alpha value is -1.93. The highest BCUT2D eigenvalue weighted by molar-refractivity contribution is 5.79. The molecule has 0 aliphatic rings. The van der Waals surface area contributed by atoms with Gasteiger partial charge in [0.1, 0.15) is 5.78 Å². The molecule has 2 heteroatoms. The van der Waals surface area contributed by atoms with Crippen molar-refractivity contribution in [1.82, 2.24) is 0 Å². The number of aliphatic hydroxyl groups is 1. The average molecular weight is 282 g/mol. The zero-order chi connectivity index (χ0) is 15.1. The van der Waals surface area contributed by atoms with Gasteiger partial charge in [0.25, 0.3) is 0 Å². The van der Waals surface area contributed by atoms with E-state index >= 15 is 0 Å². The Morgan fingerprint density at radius 1 is 1.00 bits per heavy atom. The molecular formula is C19H22O2. The SMILES string of the molecule is CC(=O)C(CCCc1ccccc1)C(O)c1ccccc1. The lowest BCUT2D eigenvalue weighted by atomic mass is 9.87. The first-order valence-corrected chi connectivity index (χ1v) is 7.46. The second-order valence-corrected chi connectivity index (χ2v) is 5.45. The van der Waals surface area contributed by atoms with Crippen LogP contribution in [0.5, 0.6) is 0 Å². The summed E-state index contributed by atoms with van der Waals surface area (Å²) in [6, 6.07) is 19.7. The molecule has 2 aromatic carbocycles. The van der Waals surface area contributed by atoms with Crippen LogP contribution in [0.3, 0.4) is 0 Å². The highest BCUT2D eigenvalue weighted by Crippen LogP contribution is 2.27. The van der Waals surface area contributed by atoms with Crippen molar-refractivity contribution < 1.29 is 9.90 Å². The minimum atomic E-state index is -0.709. The van der Waals surface area contributed by atoms with Crippen LogP contribution in [0.1, 0.15) is 37.0 Å². The van der Waals surface area contributed by atoms with Crippen LogP contribution in [-0.2, 0) is 11.2 Å². The fraction of sp³-hybridized carbons (Fsp3) is 0.316. The van der Waals surface area contributed by atoms with Crippen LogP contribution in [0, 0.1) is 5.92 Å². The van der Waals surface area contributed by atoms with E-state index in [9.17, 15) is 9.90 Å². The maximum atomic E-state index is 11.8. The highest BCUT2D eigenvalue weighted by atomic mass is 16.3. The van der Waals surface area contributed by atoms with E-state index in [-0.39, 0.29) is 11.7 Å². The minimum absolute atomic E-state index is 0.0550. The number of ketones is 1. The van der Waals surface area contributed by atoms with Gasteiger partial charge in [-0.1, -0.05) is 60.7 Å². The summed E-state index contributed by atoms with van der Waals surface area (Å²) in [5, 5.41) is 10.4. The first kappa shape index (κ1) is 15.5. The summed E-state index contributed by atoms with van der Waals surface area (Å²) in [6.45, 7) is 1.57. The van der Waals surface area contributed by atoms with E-state index in [2.05, 4.69) is 12.1 Å². The van der Waals surface area contributed by atoms with Gasteiger partial charge in [0.2, 0.25) is 0 Å². The van der Waals surface area contributed by atoms with Gasteiger partial charge in [0.15, 0.2) is 0 Å². The minimum Gasteiger partial charge on any atom is -0.388 e. The molecule has 0 aliphatic heterocycles. The monoisotopic (exact) mass is 282 g/mol. The van der Waals surface area contributed by atoms with Crippen molar-refractivity contribution in [3.63, 3.8) is 0 Å². The maximum Gasteiger partial charge on any atom is 0.135 e. The van der Waals surface area contributed by atoms with Crippen molar-refractivity contribution in [3.8, 4) is 0 Å². The largest absolute Gasteiger partial charge is 0.388 e. The Bertz CT molecular complexity index is 548. The second-order valence-electron chi connectivity index (χ2n) is 5.45. The van der Waals surface area contributed by atoms with E-state index in [1.165, 1.54) is 5.56 Å². The molecule has 2 atom stereocenters. The van der Waals surface area contributed by atoms with Crippen molar-refractivity contribution in [2.75, 3.05) is 0 Å². The Labute approximate surface area is 126 Å². The topological polar surface area (TPSA) is 37.3 Å². The molecule has 2 aromatic rings. The molecule has 2 rings (SSSR count). The van der Waals surface area contributed by atoms with E-state index in [0.29, 0.717) is 6.42 Å². The van der Waals surface area contributed by atoms with Crippen molar-refractivity contribution in [3.05, 3.63) is 71.8 Å². The average Bonchev–Trinajstić information content (AvgIpc) is 2.52.